The summed E-state index contributed by atoms with van der Waals surface area (Å²) in [5.41, 5.74) is 6.85. The fraction of sp³-hybridized carbons (Fsp3) is 0.423. The number of benzene rings is 1. The Morgan fingerprint density at radius 3 is 2.65 bits per heavy atom. The van der Waals surface area contributed by atoms with Crippen molar-refractivity contribution in [3.05, 3.63) is 51.3 Å². The summed E-state index contributed by atoms with van der Waals surface area (Å²) in [5.74, 6) is 3.84. The Bertz CT molecular complexity index is 1310. The minimum atomic E-state index is -1.31. The Hall–Kier alpha value is -4.33. The maximum Gasteiger partial charge on any atom is 0.326 e. The number of fused-ring (bicyclic) bond motifs is 1. The largest absolute Gasteiger partial charge is 0.481 e. The summed E-state index contributed by atoms with van der Waals surface area (Å²) in [6.07, 6.45) is 0.122. The van der Waals surface area contributed by atoms with Crippen molar-refractivity contribution in [2.45, 2.75) is 58.0 Å². The van der Waals surface area contributed by atoms with Crippen LogP contribution in [0.4, 0.5) is 11.8 Å². The topological polar surface area (TPSA) is 188 Å². The van der Waals surface area contributed by atoms with E-state index in [-0.39, 0.29) is 53.7 Å². The number of carbonyl (C=O) groups is 3. The van der Waals surface area contributed by atoms with Gasteiger partial charge < -0.3 is 26.6 Å². The highest BCUT2D eigenvalue weighted by molar-refractivity contribution is 5.97. The summed E-state index contributed by atoms with van der Waals surface area (Å²) in [5, 5.41) is 23.7. The Labute approximate surface area is 213 Å². The van der Waals surface area contributed by atoms with E-state index in [2.05, 4.69) is 39.4 Å². The molecular weight excluding hydrogens is 478 g/mol. The minimum absolute atomic E-state index is 0.0147. The molecule has 2 heterocycles. The van der Waals surface area contributed by atoms with E-state index in [4.69, 9.17) is 10.8 Å². The Morgan fingerprint density at radius 1 is 1.24 bits per heavy atom. The number of nitrogens with one attached hydrogen (secondary N) is 3. The van der Waals surface area contributed by atoms with Crippen molar-refractivity contribution in [3.63, 3.8) is 0 Å². The van der Waals surface area contributed by atoms with Crippen molar-refractivity contribution in [3.8, 4) is 11.8 Å². The van der Waals surface area contributed by atoms with Crippen LogP contribution in [0, 0.1) is 23.7 Å². The monoisotopic (exact) mass is 509 g/mol. The van der Waals surface area contributed by atoms with Crippen molar-refractivity contribution in [1.82, 2.24) is 15.3 Å². The lowest BCUT2D eigenvalue weighted by atomic mass is 9.80. The third-order valence-electron chi connectivity index (χ3n) is 6.39. The van der Waals surface area contributed by atoms with Crippen molar-refractivity contribution in [2.24, 2.45) is 11.8 Å². The van der Waals surface area contributed by atoms with Crippen LogP contribution in [0.25, 0.3) is 0 Å². The number of hydrogen-bond donors (Lipinski definition) is 6. The van der Waals surface area contributed by atoms with Gasteiger partial charge in [-0.2, -0.15) is 4.98 Å². The summed E-state index contributed by atoms with van der Waals surface area (Å²) in [6.45, 7) is 6.06. The van der Waals surface area contributed by atoms with Crippen molar-refractivity contribution < 1.29 is 24.6 Å². The van der Waals surface area contributed by atoms with Gasteiger partial charge in [0.1, 0.15) is 11.9 Å². The zero-order valence-corrected chi connectivity index (χ0v) is 20.9. The molecule has 11 heteroatoms. The lowest BCUT2D eigenvalue weighted by Gasteiger charge is -2.24. The zero-order valence-electron chi connectivity index (χ0n) is 20.9. The highest BCUT2D eigenvalue weighted by Crippen LogP contribution is 2.39. The van der Waals surface area contributed by atoms with Gasteiger partial charge in [-0.25, -0.2) is 4.79 Å². The Morgan fingerprint density at radius 2 is 1.97 bits per heavy atom. The Balaban J connectivity index is 1.67. The van der Waals surface area contributed by atoms with Crippen LogP contribution < -0.4 is 21.9 Å². The molecule has 4 unspecified atom stereocenters. The molecule has 1 aromatic heterocycles. The van der Waals surface area contributed by atoms with Crippen molar-refractivity contribution >= 4 is 29.6 Å². The lowest BCUT2D eigenvalue weighted by molar-refractivity contribution is -0.140. The summed E-state index contributed by atoms with van der Waals surface area (Å²) >= 11 is 0. The van der Waals surface area contributed by atoms with Crippen molar-refractivity contribution in [1.29, 1.82) is 0 Å². The number of hydrogen-bond acceptors (Lipinski definition) is 7. The number of carboxylic acids is 2. The molecule has 196 valence electrons. The van der Waals surface area contributed by atoms with E-state index in [1.165, 1.54) is 6.07 Å². The molecule has 37 heavy (non-hydrogen) atoms. The van der Waals surface area contributed by atoms with Gasteiger partial charge in [-0.15, -0.1) is 0 Å². The first-order chi connectivity index (χ1) is 17.5. The molecule has 5 atom stereocenters. The van der Waals surface area contributed by atoms with Gasteiger partial charge in [-0.1, -0.05) is 31.8 Å². The van der Waals surface area contributed by atoms with Gasteiger partial charge in [-0.05, 0) is 43.9 Å². The van der Waals surface area contributed by atoms with Crippen LogP contribution in [0.2, 0.25) is 0 Å². The van der Waals surface area contributed by atoms with Gasteiger partial charge in [0.05, 0.1) is 5.56 Å². The van der Waals surface area contributed by atoms with Gasteiger partial charge in [0.15, 0.2) is 0 Å². The molecule has 1 aromatic carbocycles. The molecule has 0 fully saturated rings. The van der Waals surface area contributed by atoms with E-state index < -0.39 is 23.9 Å². The quantitative estimate of drug-likeness (QED) is 0.275. The number of aromatic nitrogens is 2. The maximum absolute atomic E-state index is 12.6. The molecule has 1 aliphatic rings. The van der Waals surface area contributed by atoms with Gasteiger partial charge >= 0.3 is 11.9 Å². The third kappa shape index (κ3) is 6.88. The van der Waals surface area contributed by atoms with E-state index in [0.29, 0.717) is 16.9 Å². The predicted octanol–water partition coefficient (Wildman–Crippen LogP) is 2.01. The van der Waals surface area contributed by atoms with Crippen LogP contribution in [0.5, 0.6) is 0 Å². The normalized spacial score (nSPS) is 18.4. The molecule has 1 amide bonds. The van der Waals surface area contributed by atoms with Crippen molar-refractivity contribution in [2.75, 3.05) is 11.1 Å². The molecule has 1 aliphatic heterocycles. The molecule has 0 spiro atoms. The smallest absolute Gasteiger partial charge is 0.326 e. The summed E-state index contributed by atoms with van der Waals surface area (Å²) in [6, 6.07) is 5.19. The average Bonchev–Trinajstić information content (AvgIpc) is 3.16. The fourth-order valence-electron chi connectivity index (χ4n) is 4.73. The molecule has 0 saturated heterocycles. The third-order valence-corrected chi connectivity index (χ3v) is 6.39. The molecular formula is C26H31N5O6. The second-order valence-corrected chi connectivity index (χ2v) is 9.43. The van der Waals surface area contributed by atoms with Gasteiger partial charge in [0.25, 0.3) is 11.5 Å². The number of carboxylic acid groups (broad SMARTS) is 2. The summed E-state index contributed by atoms with van der Waals surface area (Å²) in [4.78, 5) is 54.0. The zero-order chi connectivity index (χ0) is 27.3. The highest BCUT2D eigenvalue weighted by Gasteiger charge is 2.37. The molecule has 0 bridgehead atoms. The van der Waals surface area contributed by atoms with E-state index in [1.807, 2.05) is 13.8 Å². The molecule has 0 saturated carbocycles. The molecule has 11 nitrogen and oxygen atoms in total. The molecule has 3 rings (SSSR count). The number of nitrogens with zero attached hydrogens (tertiary/aromatic N) is 1. The lowest BCUT2D eigenvalue weighted by Crippen LogP contribution is -2.41. The van der Waals surface area contributed by atoms with Crippen LogP contribution in [-0.2, 0) is 9.59 Å². The number of nitrogens with two attached hydrogens (primary N) is 1. The first kappa shape index (κ1) is 27.3. The second kappa shape index (κ2) is 11.6. The maximum atomic E-state index is 12.6. The van der Waals surface area contributed by atoms with Gasteiger partial charge in [-0.3, -0.25) is 19.4 Å². The number of aliphatic carboxylic acids is 2. The van der Waals surface area contributed by atoms with Gasteiger partial charge in [0.2, 0.25) is 5.95 Å². The summed E-state index contributed by atoms with van der Waals surface area (Å²) in [7, 11) is 0. The van der Waals surface area contributed by atoms with E-state index in [1.54, 1.807) is 18.2 Å². The second-order valence-electron chi connectivity index (χ2n) is 9.43. The number of rotatable bonds is 9. The number of nitrogen functional groups attached to an aromatic ring is 1. The van der Waals surface area contributed by atoms with E-state index >= 15 is 0 Å². The van der Waals surface area contributed by atoms with Crippen LogP contribution in [0.3, 0.4) is 0 Å². The number of carbonyl (C=O) groups excluding carboxylic acids is 1. The SMILES string of the molecule is CC(C#Cc1cccc(C(=O)N[C@@H](CCC(=O)O)C(=O)O)c1)CC(C)C1c2c(nc(N)[nH]c2=O)NC1C. The fourth-order valence-corrected chi connectivity index (χ4v) is 4.73. The molecule has 2 aromatic rings. The first-order valence-corrected chi connectivity index (χ1v) is 12.0. The minimum Gasteiger partial charge on any atom is -0.481 e. The highest BCUT2D eigenvalue weighted by atomic mass is 16.4. The Kier molecular flexibility index (Phi) is 8.55. The number of aromatic amines is 1. The first-order valence-electron chi connectivity index (χ1n) is 12.0. The van der Waals surface area contributed by atoms with Crippen LogP contribution >= 0.6 is 0 Å². The summed E-state index contributed by atoms with van der Waals surface area (Å²) < 4.78 is 0. The molecule has 7 N–H and O–H groups in total. The average molecular weight is 510 g/mol. The van der Waals surface area contributed by atoms with Crippen LogP contribution in [0.1, 0.15) is 67.4 Å². The van der Waals surface area contributed by atoms with Crippen LogP contribution in [0.15, 0.2) is 29.1 Å². The molecule has 0 aliphatic carbocycles. The predicted molar refractivity (Wildman–Crippen MR) is 137 cm³/mol. The number of amides is 1. The van der Waals surface area contributed by atoms with E-state index in [9.17, 15) is 24.3 Å². The van der Waals surface area contributed by atoms with Crippen LogP contribution in [-0.4, -0.2) is 50.1 Å². The number of anilines is 2. The number of H-pyrrole nitrogens is 1. The standard InChI is InChI=1S/C26H31N5O6/c1-13(11-14(2)20-15(3)28-22-21(20)24(35)31-26(27)30-22)7-8-16-5-4-6-17(12-16)23(34)29-18(25(36)37)9-10-19(32)33/h4-6,12-15,18,20H,9-11H2,1-3H3,(H,29,34)(H,32,33)(H,36,37)(H4,27,28,30,31,35)/t13?,14?,15?,18-,20?/m0/s1. The molecule has 0 radical (unpaired) electrons. The van der Waals surface area contributed by atoms with E-state index in [0.717, 1.165) is 6.42 Å². The van der Waals surface area contributed by atoms with Gasteiger partial charge in [0, 0.05) is 35.4 Å².